The Kier molecular flexibility index (Phi) is 3.98. The molecule has 8 heteroatoms. The van der Waals surface area contributed by atoms with Gasteiger partial charge in [0.15, 0.2) is 11.2 Å². The Labute approximate surface area is 144 Å². The Morgan fingerprint density at radius 3 is 2.48 bits per heavy atom. The second-order valence-electron chi connectivity index (χ2n) is 6.43. The standard InChI is InChI=1S/C17H22N6O2/c1-7-8-21-15(24)13-14(20(6)17(21)25)18-16(22(13)10(2)3)23-12(5)9-11(4)19-23/h7,9-10H,1,8H2,2-6H3. The van der Waals surface area contributed by atoms with Gasteiger partial charge in [0.25, 0.3) is 5.56 Å². The van der Waals surface area contributed by atoms with Crippen molar-refractivity contribution < 1.29 is 0 Å². The zero-order valence-corrected chi connectivity index (χ0v) is 15.1. The molecule has 0 bridgehead atoms. The Morgan fingerprint density at radius 1 is 1.28 bits per heavy atom. The molecule has 0 N–H and O–H groups in total. The molecule has 132 valence electrons. The smallest absolute Gasteiger partial charge is 0.300 e. The number of imidazole rings is 1. The van der Waals surface area contributed by atoms with Gasteiger partial charge in [0.1, 0.15) is 0 Å². The van der Waals surface area contributed by atoms with Gasteiger partial charge in [0.2, 0.25) is 5.95 Å². The van der Waals surface area contributed by atoms with E-state index in [1.54, 1.807) is 11.7 Å². The maximum absolute atomic E-state index is 13.0. The molecule has 0 atom stereocenters. The van der Waals surface area contributed by atoms with Crippen molar-refractivity contribution in [3.8, 4) is 5.95 Å². The van der Waals surface area contributed by atoms with E-state index < -0.39 is 5.69 Å². The predicted molar refractivity (Wildman–Crippen MR) is 96.4 cm³/mol. The van der Waals surface area contributed by atoms with Gasteiger partial charge in [0, 0.05) is 25.3 Å². The normalized spacial score (nSPS) is 11.6. The number of fused-ring (bicyclic) bond motifs is 1. The van der Waals surface area contributed by atoms with Crippen molar-refractivity contribution in [2.75, 3.05) is 0 Å². The average molecular weight is 342 g/mol. The molecule has 0 aliphatic rings. The van der Waals surface area contributed by atoms with Gasteiger partial charge in [-0.3, -0.25) is 18.5 Å². The summed E-state index contributed by atoms with van der Waals surface area (Å²) in [6.07, 6.45) is 1.53. The summed E-state index contributed by atoms with van der Waals surface area (Å²) in [4.78, 5) is 30.0. The van der Waals surface area contributed by atoms with E-state index in [1.807, 2.05) is 38.3 Å². The lowest BCUT2D eigenvalue weighted by atomic mass is 10.3. The molecule has 0 unspecified atom stereocenters. The van der Waals surface area contributed by atoms with Gasteiger partial charge >= 0.3 is 5.69 Å². The Hall–Kier alpha value is -2.90. The third-order valence-electron chi connectivity index (χ3n) is 4.18. The second-order valence-corrected chi connectivity index (χ2v) is 6.43. The van der Waals surface area contributed by atoms with Crippen LogP contribution in [-0.2, 0) is 13.6 Å². The SMILES string of the molecule is C=CCn1c(=O)c2c(nc(-n3nc(C)cc3C)n2C(C)C)n(C)c1=O. The van der Waals surface area contributed by atoms with Crippen molar-refractivity contribution >= 4 is 11.2 Å². The molecule has 3 rings (SSSR count). The first-order valence-corrected chi connectivity index (χ1v) is 8.14. The summed E-state index contributed by atoms with van der Waals surface area (Å²) in [6.45, 7) is 11.6. The predicted octanol–water partition coefficient (Wildman–Crippen LogP) is 1.47. The first kappa shape index (κ1) is 16.9. The minimum Gasteiger partial charge on any atom is -0.300 e. The quantitative estimate of drug-likeness (QED) is 0.673. The molecule has 0 saturated heterocycles. The number of aromatic nitrogens is 6. The molecule has 3 aromatic heterocycles. The van der Waals surface area contributed by atoms with Gasteiger partial charge in [-0.25, -0.2) is 9.48 Å². The Bertz CT molecular complexity index is 1090. The highest BCUT2D eigenvalue weighted by atomic mass is 16.2. The fourth-order valence-corrected chi connectivity index (χ4v) is 3.09. The molecule has 0 radical (unpaired) electrons. The van der Waals surface area contributed by atoms with Crippen LogP contribution >= 0.6 is 0 Å². The lowest BCUT2D eigenvalue weighted by Gasteiger charge is -2.14. The van der Waals surface area contributed by atoms with Crippen molar-refractivity contribution in [1.29, 1.82) is 0 Å². The molecular formula is C17H22N6O2. The first-order valence-electron chi connectivity index (χ1n) is 8.14. The summed E-state index contributed by atoms with van der Waals surface area (Å²) >= 11 is 0. The third kappa shape index (κ3) is 2.45. The molecule has 0 amide bonds. The van der Waals surface area contributed by atoms with E-state index in [0.717, 1.165) is 11.4 Å². The van der Waals surface area contributed by atoms with Crippen LogP contribution in [0.25, 0.3) is 17.1 Å². The van der Waals surface area contributed by atoms with Crippen LogP contribution in [0.3, 0.4) is 0 Å². The molecule has 0 spiro atoms. The number of hydrogen-bond donors (Lipinski definition) is 0. The average Bonchev–Trinajstić information content (AvgIpc) is 3.09. The van der Waals surface area contributed by atoms with Crippen LogP contribution in [0.4, 0.5) is 0 Å². The van der Waals surface area contributed by atoms with Gasteiger partial charge < -0.3 is 0 Å². The minimum absolute atomic E-state index is 0.0358. The molecule has 0 saturated carbocycles. The number of nitrogens with zero attached hydrogens (tertiary/aromatic N) is 6. The molecule has 0 aliphatic carbocycles. The lowest BCUT2D eigenvalue weighted by Crippen LogP contribution is -2.39. The number of aryl methyl sites for hydroxylation is 3. The highest BCUT2D eigenvalue weighted by Crippen LogP contribution is 2.21. The van der Waals surface area contributed by atoms with Crippen molar-refractivity contribution in [2.45, 2.75) is 40.3 Å². The molecule has 8 nitrogen and oxygen atoms in total. The highest BCUT2D eigenvalue weighted by molar-refractivity contribution is 5.73. The number of hydrogen-bond acceptors (Lipinski definition) is 4. The van der Waals surface area contributed by atoms with Gasteiger partial charge in [-0.2, -0.15) is 10.1 Å². The van der Waals surface area contributed by atoms with Crippen LogP contribution < -0.4 is 11.2 Å². The van der Waals surface area contributed by atoms with E-state index in [2.05, 4.69) is 16.7 Å². The van der Waals surface area contributed by atoms with Gasteiger partial charge in [-0.1, -0.05) is 6.08 Å². The minimum atomic E-state index is -0.411. The zero-order chi connectivity index (χ0) is 18.5. The highest BCUT2D eigenvalue weighted by Gasteiger charge is 2.23. The molecule has 0 aliphatic heterocycles. The van der Waals surface area contributed by atoms with Crippen molar-refractivity contribution in [3.63, 3.8) is 0 Å². The van der Waals surface area contributed by atoms with E-state index in [9.17, 15) is 9.59 Å². The van der Waals surface area contributed by atoms with E-state index in [0.29, 0.717) is 17.1 Å². The zero-order valence-electron chi connectivity index (χ0n) is 15.1. The van der Waals surface area contributed by atoms with Gasteiger partial charge in [-0.05, 0) is 33.8 Å². The number of rotatable bonds is 4. The molecule has 3 heterocycles. The van der Waals surface area contributed by atoms with Crippen LogP contribution in [0.1, 0.15) is 31.3 Å². The third-order valence-corrected chi connectivity index (χ3v) is 4.18. The van der Waals surface area contributed by atoms with E-state index in [1.165, 1.54) is 15.2 Å². The Balaban J connectivity index is 2.52. The molecular weight excluding hydrogens is 320 g/mol. The van der Waals surface area contributed by atoms with Gasteiger partial charge in [0.05, 0.1) is 5.69 Å². The molecule has 25 heavy (non-hydrogen) atoms. The van der Waals surface area contributed by atoms with Crippen LogP contribution in [-0.4, -0.2) is 28.5 Å². The second kappa shape index (κ2) is 5.87. The van der Waals surface area contributed by atoms with E-state index >= 15 is 0 Å². The van der Waals surface area contributed by atoms with E-state index in [4.69, 9.17) is 0 Å². The number of allylic oxidation sites excluding steroid dienone is 1. The van der Waals surface area contributed by atoms with E-state index in [-0.39, 0.29) is 18.1 Å². The maximum Gasteiger partial charge on any atom is 0.332 e. The lowest BCUT2D eigenvalue weighted by molar-refractivity contribution is 0.577. The van der Waals surface area contributed by atoms with Crippen molar-refractivity contribution in [1.82, 2.24) is 28.5 Å². The summed E-state index contributed by atoms with van der Waals surface area (Å²) in [5, 5.41) is 4.48. The monoisotopic (exact) mass is 342 g/mol. The fourth-order valence-electron chi connectivity index (χ4n) is 3.09. The largest absolute Gasteiger partial charge is 0.332 e. The molecule has 3 aromatic rings. The Morgan fingerprint density at radius 2 is 1.96 bits per heavy atom. The van der Waals surface area contributed by atoms with Crippen molar-refractivity contribution in [3.05, 3.63) is 50.9 Å². The fraction of sp³-hybridized carbons (Fsp3) is 0.412. The summed E-state index contributed by atoms with van der Waals surface area (Å²) < 4.78 is 6.10. The molecule has 0 aromatic carbocycles. The first-order chi connectivity index (χ1) is 11.8. The van der Waals surface area contributed by atoms with Crippen LogP contribution in [0.2, 0.25) is 0 Å². The molecule has 0 fully saturated rings. The summed E-state index contributed by atoms with van der Waals surface area (Å²) in [6, 6.07) is 1.91. The summed E-state index contributed by atoms with van der Waals surface area (Å²) in [7, 11) is 1.62. The van der Waals surface area contributed by atoms with Crippen LogP contribution in [0.5, 0.6) is 0 Å². The summed E-state index contributed by atoms with van der Waals surface area (Å²) in [5.41, 5.74) is 1.73. The topological polar surface area (TPSA) is 79.6 Å². The summed E-state index contributed by atoms with van der Waals surface area (Å²) in [5.74, 6) is 0.527. The van der Waals surface area contributed by atoms with Gasteiger partial charge in [-0.15, -0.1) is 6.58 Å². The van der Waals surface area contributed by atoms with Crippen LogP contribution in [0.15, 0.2) is 28.3 Å². The van der Waals surface area contributed by atoms with Crippen molar-refractivity contribution in [2.24, 2.45) is 7.05 Å². The maximum atomic E-state index is 13.0. The van der Waals surface area contributed by atoms with Crippen LogP contribution in [0, 0.1) is 13.8 Å².